The van der Waals surface area contributed by atoms with Crippen LogP contribution in [0, 0.1) is 0 Å². The Labute approximate surface area is 53.1 Å². The van der Waals surface area contributed by atoms with Gasteiger partial charge in [0, 0.05) is 0 Å². The normalized spacial score (nSPS) is 14.9. The van der Waals surface area contributed by atoms with Gasteiger partial charge in [0.2, 0.25) is 0 Å². The molecule has 2 nitrogen and oxygen atoms in total. The molecule has 0 amide bonds. The molecule has 0 aromatic carbocycles. The first-order chi connectivity index (χ1) is 4.43. The van der Waals surface area contributed by atoms with Crippen molar-refractivity contribution in [3.8, 4) is 0 Å². The molecule has 0 unspecified atom stereocenters. The van der Waals surface area contributed by atoms with Gasteiger partial charge in [-0.15, -0.1) is 0 Å². The summed E-state index contributed by atoms with van der Waals surface area (Å²) < 4.78 is 4.73. The molecule has 0 saturated carbocycles. The van der Waals surface area contributed by atoms with Crippen LogP contribution in [0.4, 0.5) is 0 Å². The number of aldehydes is 1. The van der Waals surface area contributed by atoms with Gasteiger partial charge in [-0.25, -0.2) is 0 Å². The zero-order valence-electron chi connectivity index (χ0n) is 4.78. The van der Waals surface area contributed by atoms with Crippen molar-refractivity contribution in [2.24, 2.45) is 0 Å². The molecule has 9 heavy (non-hydrogen) atoms. The van der Waals surface area contributed by atoms with Crippen LogP contribution in [0.1, 0.15) is 0 Å². The van der Waals surface area contributed by atoms with Gasteiger partial charge in [0.05, 0.1) is 12.5 Å². The SMILES string of the molecule is O=CC=C1C=COC=C1. The second kappa shape index (κ2) is 2.87. The Balaban J connectivity index is 2.69. The highest BCUT2D eigenvalue weighted by Crippen LogP contribution is 2.03. The lowest BCUT2D eigenvalue weighted by Gasteiger charge is -1.97. The van der Waals surface area contributed by atoms with Crippen molar-refractivity contribution in [2.75, 3.05) is 0 Å². The molecule has 1 aliphatic heterocycles. The number of rotatable bonds is 1. The van der Waals surface area contributed by atoms with Gasteiger partial charge < -0.3 is 4.74 Å². The summed E-state index contributed by atoms with van der Waals surface area (Å²) in [6.07, 6.45) is 8.69. The van der Waals surface area contributed by atoms with E-state index in [0.717, 1.165) is 11.9 Å². The molecule has 0 saturated heterocycles. The molecule has 0 atom stereocenters. The van der Waals surface area contributed by atoms with Crippen LogP contribution >= 0.6 is 0 Å². The van der Waals surface area contributed by atoms with Crippen molar-refractivity contribution in [1.29, 1.82) is 0 Å². The van der Waals surface area contributed by atoms with Gasteiger partial charge in [-0.3, -0.25) is 4.79 Å². The molecule has 0 aromatic heterocycles. The van der Waals surface area contributed by atoms with E-state index in [1.165, 1.54) is 18.6 Å². The summed E-state index contributed by atoms with van der Waals surface area (Å²) in [5.41, 5.74) is 0.858. The van der Waals surface area contributed by atoms with Gasteiger partial charge in [0.1, 0.15) is 6.29 Å². The average molecular weight is 122 g/mol. The van der Waals surface area contributed by atoms with Crippen molar-refractivity contribution < 1.29 is 9.53 Å². The summed E-state index contributed by atoms with van der Waals surface area (Å²) in [5.74, 6) is 0. The van der Waals surface area contributed by atoms with Gasteiger partial charge in [-0.05, 0) is 23.8 Å². The van der Waals surface area contributed by atoms with Crippen LogP contribution in [0.3, 0.4) is 0 Å². The Hall–Kier alpha value is -1.31. The van der Waals surface area contributed by atoms with Crippen LogP contribution < -0.4 is 0 Å². The molecule has 0 aliphatic carbocycles. The smallest absolute Gasteiger partial charge is 0.143 e. The van der Waals surface area contributed by atoms with Crippen molar-refractivity contribution in [3.05, 3.63) is 36.3 Å². The fraction of sp³-hybridized carbons (Fsp3) is 0. The molecule has 2 heteroatoms. The molecule has 1 heterocycles. The summed E-state index contributed by atoms with van der Waals surface area (Å²) >= 11 is 0. The third-order valence-electron chi connectivity index (χ3n) is 0.939. The van der Waals surface area contributed by atoms with Crippen LogP contribution in [0.15, 0.2) is 36.3 Å². The first kappa shape index (κ1) is 5.82. The first-order valence-electron chi connectivity index (χ1n) is 2.57. The number of carbonyl (C=O) groups is 1. The molecule has 0 spiro atoms. The number of hydrogen-bond donors (Lipinski definition) is 0. The van der Waals surface area contributed by atoms with Crippen LogP contribution in [0.2, 0.25) is 0 Å². The lowest BCUT2D eigenvalue weighted by atomic mass is 10.2. The molecule has 0 radical (unpaired) electrons. The number of ether oxygens (including phenoxy) is 1. The molecule has 0 N–H and O–H groups in total. The van der Waals surface area contributed by atoms with Crippen molar-refractivity contribution in [3.63, 3.8) is 0 Å². The maximum atomic E-state index is 9.89. The minimum absolute atomic E-state index is 0.745. The van der Waals surface area contributed by atoms with Crippen molar-refractivity contribution in [2.45, 2.75) is 0 Å². The van der Waals surface area contributed by atoms with Gasteiger partial charge in [-0.2, -0.15) is 0 Å². The fourth-order valence-electron chi connectivity index (χ4n) is 0.526. The van der Waals surface area contributed by atoms with Gasteiger partial charge in [0.15, 0.2) is 0 Å². The minimum Gasteiger partial charge on any atom is -0.473 e. The number of carbonyl (C=O) groups excluding carboxylic acids is 1. The van der Waals surface area contributed by atoms with Crippen LogP contribution in [-0.2, 0) is 9.53 Å². The van der Waals surface area contributed by atoms with E-state index in [9.17, 15) is 4.79 Å². The van der Waals surface area contributed by atoms with Crippen molar-refractivity contribution >= 4 is 6.29 Å². The van der Waals surface area contributed by atoms with E-state index in [4.69, 9.17) is 4.74 Å². The summed E-state index contributed by atoms with van der Waals surface area (Å²) in [6, 6.07) is 0. The lowest BCUT2D eigenvalue weighted by molar-refractivity contribution is -0.104. The highest BCUT2D eigenvalue weighted by atomic mass is 16.5. The van der Waals surface area contributed by atoms with E-state index in [1.807, 2.05) is 0 Å². The van der Waals surface area contributed by atoms with E-state index in [1.54, 1.807) is 12.2 Å². The fourth-order valence-corrected chi connectivity index (χ4v) is 0.526. The van der Waals surface area contributed by atoms with E-state index >= 15 is 0 Å². The molecule has 0 bridgehead atoms. The Bertz CT molecular complexity index is 173. The zero-order valence-corrected chi connectivity index (χ0v) is 4.78. The summed E-state index contributed by atoms with van der Waals surface area (Å²) in [4.78, 5) is 9.89. The Morgan fingerprint density at radius 2 is 2.00 bits per heavy atom. The quantitative estimate of drug-likeness (QED) is 0.385. The molecule has 0 aromatic rings. The highest BCUT2D eigenvalue weighted by molar-refractivity contribution is 5.68. The first-order valence-corrected chi connectivity index (χ1v) is 2.57. The molecular formula is C7H6O2. The van der Waals surface area contributed by atoms with Crippen LogP contribution in [0.25, 0.3) is 0 Å². The van der Waals surface area contributed by atoms with Gasteiger partial charge in [0.25, 0.3) is 0 Å². The second-order valence-corrected chi connectivity index (χ2v) is 1.54. The average Bonchev–Trinajstić information content (AvgIpc) is 1.91. The monoisotopic (exact) mass is 122 g/mol. The van der Waals surface area contributed by atoms with Gasteiger partial charge >= 0.3 is 0 Å². The Morgan fingerprint density at radius 1 is 1.33 bits per heavy atom. The van der Waals surface area contributed by atoms with E-state index < -0.39 is 0 Å². The molecule has 1 aliphatic rings. The summed E-state index contributed by atoms with van der Waals surface area (Å²) in [7, 11) is 0. The van der Waals surface area contributed by atoms with Crippen LogP contribution in [-0.4, -0.2) is 6.29 Å². The Morgan fingerprint density at radius 3 is 2.56 bits per heavy atom. The third kappa shape index (κ3) is 1.57. The zero-order chi connectivity index (χ0) is 6.53. The predicted octanol–water partition coefficient (Wildman–Crippen LogP) is 1.17. The topological polar surface area (TPSA) is 26.3 Å². The highest BCUT2D eigenvalue weighted by Gasteiger charge is 1.88. The minimum atomic E-state index is 0.745. The Kier molecular flexibility index (Phi) is 1.85. The van der Waals surface area contributed by atoms with Crippen LogP contribution in [0.5, 0.6) is 0 Å². The largest absolute Gasteiger partial charge is 0.473 e. The summed E-state index contributed by atoms with van der Waals surface area (Å²) in [6.45, 7) is 0. The molecular weight excluding hydrogens is 116 g/mol. The van der Waals surface area contributed by atoms with E-state index in [-0.39, 0.29) is 0 Å². The molecule has 46 valence electrons. The standard InChI is InChI=1S/C7H6O2/c8-4-1-7-2-5-9-6-3-7/h1-6H. The maximum Gasteiger partial charge on any atom is 0.143 e. The second-order valence-electron chi connectivity index (χ2n) is 1.54. The molecule has 1 rings (SSSR count). The third-order valence-corrected chi connectivity index (χ3v) is 0.939. The summed E-state index contributed by atoms with van der Waals surface area (Å²) in [5, 5.41) is 0. The molecule has 0 fully saturated rings. The van der Waals surface area contributed by atoms with E-state index in [2.05, 4.69) is 0 Å². The predicted molar refractivity (Wildman–Crippen MR) is 33.5 cm³/mol. The maximum absolute atomic E-state index is 9.89. The number of hydrogen-bond acceptors (Lipinski definition) is 2. The van der Waals surface area contributed by atoms with Gasteiger partial charge in [-0.1, -0.05) is 0 Å². The van der Waals surface area contributed by atoms with E-state index in [0.29, 0.717) is 0 Å². The lowest BCUT2D eigenvalue weighted by Crippen LogP contribution is -1.80. The number of allylic oxidation sites excluding steroid dienone is 4. The van der Waals surface area contributed by atoms with Crippen molar-refractivity contribution in [1.82, 2.24) is 0 Å².